The van der Waals surface area contributed by atoms with Crippen molar-refractivity contribution in [2.45, 2.75) is 31.0 Å². The molecule has 2 heterocycles. The number of likely N-dealkylation sites (tertiary alicyclic amines) is 1. The molecule has 2 aliphatic rings. The molecule has 2 aromatic carbocycles. The van der Waals surface area contributed by atoms with E-state index in [2.05, 4.69) is 5.32 Å². The molecule has 2 aromatic rings. The number of ether oxygens (including phenoxy) is 1. The Morgan fingerprint density at radius 3 is 2.68 bits per heavy atom. The first-order chi connectivity index (χ1) is 14.7. The molecule has 2 N–H and O–H groups in total. The van der Waals surface area contributed by atoms with Crippen molar-refractivity contribution < 1.29 is 19.4 Å². The highest BCUT2D eigenvalue weighted by atomic mass is 35.5. The van der Waals surface area contributed by atoms with E-state index in [1.165, 1.54) is 4.90 Å². The summed E-state index contributed by atoms with van der Waals surface area (Å²) < 4.78 is 5.66. The number of aryl methyl sites for hydroxylation is 1. The molecule has 0 spiro atoms. The molecule has 31 heavy (non-hydrogen) atoms. The Balaban J connectivity index is 2.05. The molecule has 2 amide bonds. The van der Waals surface area contributed by atoms with E-state index < -0.39 is 17.7 Å². The van der Waals surface area contributed by atoms with E-state index >= 15 is 0 Å². The number of β-amino-alcohol motifs (C(OH)–C–C–N with tert-alkyl or cyclic N) is 1. The summed E-state index contributed by atoms with van der Waals surface area (Å²) in [7, 11) is 4.89. The summed E-state index contributed by atoms with van der Waals surface area (Å²) in [5.74, 6) is 0.0381. The molecular weight excluding hydrogens is 418 g/mol. The number of anilines is 1. The van der Waals surface area contributed by atoms with Crippen LogP contribution in [0.1, 0.15) is 23.1 Å². The third-order valence-corrected chi connectivity index (χ3v) is 6.36. The Hall–Kier alpha value is -2.61. The third kappa shape index (κ3) is 3.28. The van der Waals surface area contributed by atoms with Crippen LogP contribution in [0, 0.1) is 6.92 Å². The second-order valence-electron chi connectivity index (χ2n) is 8.35. The lowest BCUT2D eigenvalue weighted by Crippen LogP contribution is -2.57. The Kier molecular flexibility index (Phi) is 5.45. The first-order valence-electron chi connectivity index (χ1n) is 10.1. The number of nitrogens with zero attached hydrogens (tertiary/aromatic N) is 2. The van der Waals surface area contributed by atoms with E-state index in [4.69, 9.17) is 16.3 Å². The number of hydrogen-bond donors (Lipinski definition) is 2. The number of nitrogens with one attached hydrogen (secondary N) is 1. The van der Waals surface area contributed by atoms with Gasteiger partial charge in [0.05, 0.1) is 19.3 Å². The minimum Gasteiger partial charge on any atom is -0.496 e. The molecular formula is C23H26ClN3O4. The molecule has 1 saturated heterocycles. The van der Waals surface area contributed by atoms with Crippen molar-refractivity contribution >= 4 is 29.1 Å². The Morgan fingerprint density at radius 2 is 2.00 bits per heavy atom. The second kappa shape index (κ2) is 7.82. The van der Waals surface area contributed by atoms with E-state index in [0.29, 0.717) is 27.6 Å². The van der Waals surface area contributed by atoms with Gasteiger partial charge in [-0.2, -0.15) is 0 Å². The normalized spacial score (nSPS) is 25.3. The van der Waals surface area contributed by atoms with Gasteiger partial charge in [-0.05, 0) is 43.7 Å². The fourth-order valence-electron chi connectivity index (χ4n) is 4.79. The van der Waals surface area contributed by atoms with Crippen molar-refractivity contribution in [3.63, 3.8) is 0 Å². The fourth-order valence-corrected chi connectivity index (χ4v) is 4.96. The predicted octanol–water partition coefficient (Wildman–Crippen LogP) is 2.38. The van der Waals surface area contributed by atoms with Gasteiger partial charge in [-0.1, -0.05) is 23.2 Å². The largest absolute Gasteiger partial charge is 0.496 e. The molecule has 8 heteroatoms. The molecule has 7 nitrogen and oxygen atoms in total. The number of carbonyl (C=O) groups is 2. The van der Waals surface area contributed by atoms with Gasteiger partial charge in [0.25, 0.3) is 5.91 Å². The lowest BCUT2D eigenvalue weighted by Gasteiger charge is -2.41. The minimum absolute atomic E-state index is 0.153. The Bertz CT molecular complexity index is 1060. The summed E-state index contributed by atoms with van der Waals surface area (Å²) in [6.07, 6.45) is -0.520. The maximum absolute atomic E-state index is 13.8. The van der Waals surface area contributed by atoms with Crippen LogP contribution < -0.4 is 10.1 Å². The average molecular weight is 444 g/mol. The van der Waals surface area contributed by atoms with Gasteiger partial charge in [0.15, 0.2) is 5.54 Å². The van der Waals surface area contributed by atoms with E-state index in [0.717, 1.165) is 5.56 Å². The summed E-state index contributed by atoms with van der Waals surface area (Å²) in [4.78, 5) is 30.2. The van der Waals surface area contributed by atoms with Gasteiger partial charge in [0, 0.05) is 42.5 Å². The van der Waals surface area contributed by atoms with Crippen LogP contribution in [0.25, 0.3) is 0 Å². The number of methoxy groups -OCH3 is 1. The number of aliphatic hydroxyl groups excluding tert-OH is 1. The molecule has 2 aliphatic heterocycles. The number of fused-ring (bicyclic) bond motifs is 1. The highest BCUT2D eigenvalue weighted by molar-refractivity contribution is 6.31. The molecule has 0 aliphatic carbocycles. The number of likely N-dealkylation sites (N-methyl/N-ethyl adjacent to an activating group) is 1. The lowest BCUT2D eigenvalue weighted by molar-refractivity contribution is -0.138. The summed E-state index contributed by atoms with van der Waals surface area (Å²) in [6.45, 7) is 2.09. The quantitative estimate of drug-likeness (QED) is 0.758. The topological polar surface area (TPSA) is 82.1 Å². The van der Waals surface area contributed by atoms with E-state index in [1.54, 1.807) is 44.3 Å². The van der Waals surface area contributed by atoms with Crippen LogP contribution in [0.4, 0.5) is 5.69 Å². The Morgan fingerprint density at radius 1 is 1.26 bits per heavy atom. The molecule has 1 fully saturated rings. The SMILES string of the molecule is COc1ccc(C)cc1C1(N2C[C@H](O)C[C@H]2C(=O)N(C)C)C(=O)Nc2ccc(Cl)cc21. The van der Waals surface area contributed by atoms with Crippen molar-refractivity contribution in [1.82, 2.24) is 9.80 Å². The van der Waals surface area contributed by atoms with E-state index in [9.17, 15) is 14.7 Å². The van der Waals surface area contributed by atoms with E-state index in [-0.39, 0.29) is 24.8 Å². The van der Waals surface area contributed by atoms with Crippen LogP contribution in [0.5, 0.6) is 5.75 Å². The van der Waals surface area contributed by atoms with Gasteiger partial charge in [0.1, 0.15) is 5.75 Å². The highest BCUT2D eigenvalue weighted by Crippen LogP contribution is 2.51. The van der Waals surface area contributed by atoms with E-state index in [1.807, 2.05) is 25.1 Å². The first-order valence-corrected chi connectivity index (χ1v) is 10.5. The molecule has 0 bridgehead atoms. The Labute approximate surface area is 186 Å². The van der Waals surface area contributed by atoms with Crippen molar-refractivity contribution in [2.24, 2.45) is 0 Å². The third-order valence-electron chi connectivity index (χ3n) is 6.13. The fraction of sp³-hybridized carbons (Fsp3) is 0.391. The van der Waals surface area contributed by atoms with Crippen LogP contribution in [0.2, 0.25) is 5.02 Å². The molecule has 4 rings (SSSR count). The number of hydrogen-bond acceptors (Lipinski definition) is 5. The number of aliphatic hydroxyl groups is 1. The summed E-state index contributed by atoms with van der Waals surface area (Å²) >= 11 is 6.36. The number of carbonyl (C=O) groups excluding carboxylic acids is 2. The molecule has 0 aromatic heterocycles. The second-order valence-corrected chi connectivity index (χ2v) is 8.78. The molecule has 0 saturated carbocycles. The van der Waals surface area contributed by atoms with Crippen LogP contribution in [0.3, 0.4) is 0 Å². The van der Waals surface area contributed by atoms with Crippen LogP contribution >= 0.6 is 11.6 Å². The maximum atomic E-state index is 13.8. The molecule has 3 atom stereocenters. The van der Waals surface area contributed by atoms with Gasteiger partial charge in [-0.25, -0.2) is 0 Å². The average Bonchev–Trinajstić information content (AvgIpc) is 3.24. The minimum atomic E-state index is -1.38. The van der Waals surface area contributed by atoms with Crippen molar-refractivity contribution in [3.8, 4) is 5.75 Å². The number of benzene rings is 2. The highest BCUT2D eigenvalue weighted by Gasteiger charge is 2.59. The first kappa shape index (κ1) is 21.6. The van der Waals surface area contributed by atoms with Gasteiger partial charge in [-0.15, -0.1) is 0 Å². The number of halogens is 1. The van der Waals surface area contributed by atoms with Gasteiger partial charge >= 0.3 is 0 Å². The smallest absolute Gasteiger partial charge is 0.254 e. The van der Waals surface area contributed by atoms with Crippen LogP contribution in [-0.2, 0) is 15.1 Å². The van der Waals surface area contributed by atoms with Crippen molar-refractivity contribution in [3.05, 3.63) is 58.1 Å². The zero-order valence-electron chi connectivity index (χ0n) is 18.0. The van der Waals surface area contributed by atoms with Gasteiger partial charge in [-0.3, -0.25) is 14.5 Å². The molecule has 0 radical (unpaired) electrons. The van der Waals surface area contributed by atoms with Crippen LogP contribution in [-0.4, -0.2) is 66.6 Å². The number of amides is 2. The summed E-state index contributed by atoms with van der Waals surface area (Å²) in [6, 6.07) is 10.2. The maximum Gasteiger partial charge on any atom is 0.254 e. The van der Waals surface area contributed by atoms with Crippen molar-refractivity contribution in [2.75, 3.05) is 33.1 Å². The monoisotopic (exact) mass is 443 g/mol. The van der Waals surface area contributed by atoms with Crippen LogP contribution in [0.15, 0.2) is 36.4 Å². The summed E-state index contributed by atoms with van der Waals surface area (Å²) in [5, 5.41) is 14.0. The van der Waals surface area contributed by atoms with Crippen molar-refractivity contribution in [1.29, 1.82) is 0 Å². The zero-order valence-corrected chi connectivity index (χ0v) is 18.7. The standard InChI is InChI=1S/C23H26ClN3O4/c1-13-5-8-20(31-4)17(9-13)23(16-10-14(24)6-7-18(16)25-22(23)30)27-12-15(28)11-19(27)21(29)26(2)3/h5-10,15,19,28H,11-12H2,1-4H3,(H,25,30)/t15-,19+,23?/m1/s1. The summed E-state index contributed by atoms with van der Waals surface area (Å²) in [5.41, 5.74) is 1.42. The van der Waals surface area contributed by atoms with Gasteiger partial charge in [0.2, 0.25) is 5.91 Å². The molecule has 164 valence electrons. The molecule has 1 unspecified atom stereocenters. The number of rotatable bonds is 4. The zero-order chi connectivity index (χ0) is 22.5. The predicted molar refractivity (Wildman–Crippen MR) is 118 cm³/mol. The lowest BCUT2D eigenvalue weighted by atomic mass is 9.80. The van der Waals surface area contributed by atoms with Gasteiger partial charge < -0.3 is 20.1 Å².